The summed E-state index contributed by atoms with van der Waals surface area (Å²) in [5.41, 5.74) is 2.32. The van der Waals surface area contributed by atoms with Crippen molar-refractivity contribution in [2.75, 3.05) is 31.6 Å². The Morgan fingerprint density at radius 1 is 1.17 bits per heavy atom. The van der Waals surface area contributed by atoms with Crippen LogP contribution < -0.4 is 14.8 Å². The monoisotopic (exact) mass is 414 g/mol. The lowest BCUT2D eigenvalue weighted by Crippen LogP contribution is -2.45. The molecule has 1 saturated heterocycles. The molecule has 156 valence electrons. The summed E-state index contributed by atoms with van der Waals surface area (Å²) in [5, 5.41) is 4.48. The van der Waals surface area contributed by atoms with Gasteiger partial charge in [0.1, 0.15) is 18.1 Å². The maximum Gasteiger partial charge on any atom is 0.142 e. The number of hydrogen-bond acceptors (Lipinski definition) is 4. The third-order valence-electron chi connectivity index (χ3n) is 5.77. The Morgan fingerprint density at radius 3 is 2.76 bits per heavy atom. The number of nitrogens with zero attached hydrogens (tertiary/aromatic N) is 1. The molecule has 2 aliphatic heterocycles. The van der Waals surface area contributed by atoms with Crippen LogP contribution in [0.2, 0.25) is 5.02 Å². The molecule has 1 fully saturated rings. The SMILES string of the molecule is CC(C)Oc1ccc(Cl)c(CC2CCN(CC3COc4ccccc4N3)CC2)c1. The quantitative estimate of drug-likeness (QED) is 0.699. The van der Waals surface area contributed by atoms with E-state index in [0.29, 0.717) is 12.0 Å². The maximum absolute atomic E-state index is 6.46. The summed E-state index contributed by atoms with van der Waals surface area (Å²) in [5.74, 6) is 2.55. The highest BCUT2D eigenvalue weighted by Gasteiger charge is 2.25. The molecule has 4 rings (SSSR count). The van der Waals surface area contributed by atoms with E-state index in [-0.39, 0.29) is 6.10 Å². The van der Waals surface area contributed by atoms with E-state index < -0.39 is 0 Å². The fraction of sp³-hybridized carbons (Fsp3) is 0.500. The molecule has 4 nitrogen and oxygen atoms in total. The molecule has 5 heteroatoms. The van der Waals surface area contributed by atoms with Crippen LogP contribution in [-0.2, 0) is 6.42 Å². The van der Waals surface area contributed by atoms with E-state index in [1.165, 1.54) is 18.4 Å². The summed E-state index contributed by atoms with van der Waals surface area (Å²) in [4.78, 5) is 2.56. The first kappa shape index (κ1) is 20.4. The van der Waals surface area contributed by atoms with Crippen LogP contribution in [0.5, 0.6) is 11.5 Å². The van der Waals surface area contributed by atoms with Gasteiger partial charge in [-0.05, 0) is 88.0 Å². The van der Waals surface area contributed by atoms with E-state index in [1.54, 1.807) is 0 Å². The molecule has 0 aromatic heterocycles. The molecule has 1 unspecified atom stereocenters. The van der Waals surface area contributed by atoms with E-state index in [4.69, 9.17) is 21.1 Å². The summed E-state index contributed by atoms with van der Waals surface area (Å²) < 4.78 is 11.8. The van der Waals surface area contributed by atoms with Gasteiger partial charge in [-0.3, -0.25) is 0 Å². The van der Waals surface area contributed by atoms with Gasteiger partial charge in [-0.15, -0.1) is 0 Å². The summed E-state index contributed by atoms with van der Waals surface area (Å²) >= 11 is 6.46. The zero-order chi connectivity index (χ0) is 20.2. The van der Waals surface area contributed by atoms with Gasteiger partial charge in [0, 0.05) is 11.6 Å². The number of benzene rings is 2. The number of rotatable bonds is 6. The van der Waals surface area contributed by atoms with Crippen molar-refractivity contribution in [2.45, 2.75) is 45.3 Å². The van der Waals surface area contributed by atoms with Crippen LogP contribution in [0.4, 0.5) is 5.69 Å². The van der Waals surface area contributed by atoms with Crippen molar-refractivity contribution < 1.29 is 9.47 Å². The molecule has 2 aromatic rings. The predicted molar refractivity (Wildman–Crippen MR) is 119 cm³/mol. The number of piperidine rings is 1. The molecular weight excluding hydrogens is 384 g/mol. The van der Waals surface area contributed by atoms with Crippen molar-refractivity contribution in [3.8, 4) is 11.5 Å². The highest BCUT2D eigenvalue weighted by Crippen LogP contribution is 2.30. The van der Waals surface area contributed by atoms with Gasteiger partial charge in [-0.25, -0.2) is 0 Å². The van der Waals surface area contributed by atoms with Crippen LogP contribution in [0, 0.1) is 5.92 Å². The molecule has 0 saturated carbocycles. The number of fused-ring (bicyclic) bond motifs is 1. The van der Waals surface area contributed by atoms with Crippen molar-refractivity contribution in [3.63, 3.8) is 0 Å². The van der Waals surface area contributed by atoms with Crippen LogP contribution in [0.15, 0.2) is 42.5 Å². The standard InChI is InChI=1S/C24H31ClN2O2/c1-17(2)29-21-7-8-22(25)19(14-21)13-18-9-11-27(12-10-18)15-20-16-28-24-6-4-3-5-23(24)26-20/h3-8,14,17-18,20,26H,9-13,15-16H2,1-2H3. The van der Waals surface area contributed by atoms with Gasteiger partial charge in [0.05, 0.1) is 17.8 Å². The molecule has 0 bridgehead atoms. The van der Waals surface area contributed by atoms with Crippen molar-refractivity contribution in [2.24, 2.45) is 5.92 Å². The van der Waals surface area contributed by atoms with E-state index in [1.807, 2.05) is 24.3 Å². The molecule has 0 radical (unpaired) electrons. The maximum atomic E-state index is 6.46. The number of ether oxygens (including phenoxy) is 2. The molecule has 0 amide bonds. The van der Waals surface area contributed by atoms with Crippen molar-refractivity contribution in [1.82, 2.24) is 4.90 Å². The lowest BCUT2D eigenvalue weighted by Gasteiger charge is -2.36. The Morgan fingerprint density at radius 2 is 1.97 bits per heavy atom. The van der Waals surface area contributed by atoms with E-state index >= 15 is 0 Å². The molecule has 1 N–H and O–H groups in total. The number of nitrogens with one attached hydrogen (secondary N) is 1. The molecule has 2 heterocycles. The first-order valence-corrected chi connectivity index (χ1v) is 11.1. The molecule has 29 heavy (non-hydrogen) atoms. The Kier molecular flexibility index (Phi) is 6.51. The van der Waals surface area contributed by atoms with Gasteiger partial charge in [-0.2, -0.15) is 0 Å². The number of halogens is 1. The highest BCUT2D eigenvalue weighted by atomic mass is 35.5. The fourth-order valence-electron chi connectivity index (χ4n) is 4.31. The van der Waals surface area contributed by atoms with E-state index in [2.05, 4.69) is 42.3 Å². The van der Waals surface area contributed by atoms with Gasteiger partial charge < -0.3 is 19.7 Å². The van der Waals surface area contributed by atoms with Gasteiger partial charge >= 0.3 is 0 Å². The normalized spacial score (nSPS) is 20.1. The third kappa shape index (κ3) is 5.37. The molecule has 2 aromatic carbocycles. The molecule has 1 atom stereocenters. The second-order valence-electron chi connectivity index (χ2n) is 8.52. The zero-order valence-corrected chi connectivity index (χ0v) is 18.1. The van der Waals surface area contributed by atoms with Crippen molar-refractivity contribution >= 4 is 17.3 Å². The zero-order valence-electron chi connectivity index (χ0n) is 17.4. The predicted octanol–water partition coefficient (Wildman–Crippen LogP) is 5.25. The average Bonchev–Trinajstić information content (AvgIpc) is 2.71. The average molecular weight is 415 g/mol. The summed E-state index contributed by atoms with van der Waals surface area (Å²) in [6.07, 6.45) is 3.61. The molecule has 0 spiro atoms. The highest BCUT2D eigenvalue weighted by molar-refractivity contribution is 6.31. The minimum atomic E-state index is 0.177. The molecular formula is C24H31ClN2O2. The third-order valence-corrected chi connectivity index (χ3v) is 6.14. The van der Waals surface area contributed by atoms with Crippen molar-refractivity contribution in [1.29, 1.82) is 0 Å². The first-order valence-electron chi connectivity index (χ1n) is 10.7. The molecule has 2 aliphatic rings. The Bertz CT molecular complexity index is 818. The van der Waals surface area contributed by atoms with E-state index in [0.717, 1.165) is 54.9 Å². The largest absolute Gasteiger partial charge is 0.491 e. The number of para-hydroxylation sites is 2. The second kappa shape index (κ2) is 9.27. The van der Waals surface area contributed by atoms with E-state index in [9.17, 15) is 0 Å². The number of anilines is 1. The lowest BCUT2D eigenvalue weighted by atomic mass is 9.90. The van der Waals surface area contributed by atoms with Crippen LogP contribution in [-0.4, -0.2) is 43.3 Å². The summed E-state index contributed by atoms with van der Waals surface area (Å²) in [6, 6.07) is 14.6. The summed E-state index contributed by atoms with van der Waals surface area (Å²) in [7, 11) is 0. The van der Waals surface area contributed by atoms with Crippen LogP contribution in [0.1, 0.15) is 32.3 Å². The van der Waals surface area contributed by atoms with Gasteiger partial charge in [0.2, 0.25) is 0 Å². The van der Waals surface area contributed by atoms with Crippen molar-refractivity contribution in [3.05, 3.63) is 53.1 Å². The number of hydrogen-bond donors (Lipinski definition) is 1. The molecule has 0 aliphatic carbocycles. The minimum absolute atomic E-state index is 0.177. The van der Waals surface area contributed by atoms with Crippen LogP contribution >= 0.6 is 11.6 Å². The van der Waals surface area contributed by atoms with Crippen LogP contribution in [0.3, 0.4) is 0 Å². The van der Waals surface area contributed by atoms with Crippen LogP contribution in [0.25, 0.3) is 0 Å². The first-order chi connectivity index (χ1) is 14.1. The van der Waals surface area contributed by atoms with Gasteiger partial charge in [0.15, 0.2) is 0 Å². The fourth-order valence-corrected chi connectivity index (χ4v) is 4.51. The smallest absolute Gasteiger partial charge is 0.142 e. The minimum Gasteiger partial charge on any atom is -0.491 e. The summed E-state index contributed by atoms with van der Waals surface area (Å²) in [6.45, 7) is 8.12. The van der Waals surface area contributed by atoms with Gasteiger partial charge in [-0.1, -0.05) is 23.7 Å². The second-order valence-corrected chi connectivity index (χ2v) is 8.92. The number of likely N-dealkylation sites (tertiary alicyclic amines) is 1. The topological polar surface area (TPSA) is 33.7 Å². The Balaban J connectivity index is 1.27. The Hall–Kier alpha value is -1.91. The van der Waals surface area contributed by atoms with Gasteiger partial charge in [0.25, 0.3) is 0 Å². The Labute approximate surface area is 179 Å². The lowest BCUT2D eigenvalue weighted by molar-refractivity contribution is 0.160.